The quantitative estimate of drug-likeness (QED) is 0.252. The Kier molecular flexibility index (Phi) is 7.20. The lowest BCUT2D eigenvalue weighted by Crippen LogP contribution is -2.25. The normalized spacial score (nSPS) is 11.9. The van der Waals surface area contributed by atoms with Crippen LogP contribution in [-0.2, 0) is 4.74 Å². The number of methoxy groups -OCH3 is 1. The van der Waals surface area contributed by atoms with E-state index in [0.29, 0.717) is 27.8 Å². The van der Waals surface area contributed by atoms with Crippen LogP contribution in [0.2, 0.25) is 0 Å². The summed E-state index contributed by atoms with van der Waals surface area (Å²) in [6.07, 6.45) is 1.53. The van der Waals surface area contributed by atoms with Gasteiger partial charge in [-0.1, -0.05) is 11.3 Å². The fourth-order valence-electron chi connectivity index (χ4n) is 3.92. The first-order chi connectivity index (χ1) is 18.7. The molecule has 1 aromatic carbocycles. The molecule has 4 heterocycles. The molecule has 0 aliphatic rings. The maximum Gasteiger partial charge on any atom is 0.412 e. The Morgan fingerprint density at radius 3 is 2.59 bits per heavy atom. The first-order valence-corrected chi connectivity index (χ1v) is 12.8. The number of ether oxygens (including phenoxy) is 3. The molecule has 1 N–H and O–H groups in total. The van der Waals surface area contributed by atoms with Gasteiger partial charge in [-0.3, -0.25) is 5.32 Å². The van der Waals surface area contributed by atoms with Crippen LogP contribution in [0.15, 0.2) is 36.7 Å². The van der Waals surface area contributed by atoms with E-state index in [1.807, 2.05) is 26.0 Å². The summed E-state index contributed by atoms with van der Waals surface area (Å²) in [7, 11) is 1.56. The number of fused-ring (bicyclic) bond motifs is 2. The van der Waals surface area contributed by atoms with Crippen LogP contribution in [0.25, 0.3) is 32.0 Å². The largest absolute Gasteiger partial charge is 0.480 e. The zero-order chi connectivity index (χ0) is 27.7. The molecule has 1 atom stereocenters. The van der Waals surface area contributed by atoms with E-state index in [1.54, 1.807) is 33.2 Å². The summed E-state index contributed by atoms with van der Waals surface area (Å²) < 4.78 is 29.7. The van der Waals surface area contributed by atoms with Crippen molar-refractivity contribution >= 4 is 44.5 Å². The van der Waals surface area contributed by atoms with Gasteiger partial charge in [0.2, 0.25) is 17.7 Å². The summed E-state index contributed by atoms with van der Waals surface area (Å²) in [6.45, 7) is 7.27. The number of aryl methyl sites for hydroxylation is 3. The van der Waals surface area contributed by atoms with Crippen molar-refractivity contribution in [2.45, 2.75) is 33.8 Å². The maximum atomic E-state index is 13.3. The van der Waals surface area contributed by atoms with Crippen LogP contribution in [0.1, 0.15) is 23.6 Å². The van der Waals surface area contributed by atoms with E-state index in [-0.39, 0.29) is 6.61 Å². The first-order valence-electron chi connectivity index (χ1n) is 12.0. The molecule has 0 aliphatic heterocycles. The van der Waals surface area contributed by atoms with E-state index in [0.717, 1.165) is 38.2 Å². The summed E-state index contributed by atoms with van der Waals surface area (Å²) in [6, 6.07) is 7.25. The second kappa shape index (κ2) is 10.7. The number of aromatic nitrogens is 5. The molecule has 0 unspecified atom stereocenters. The van der Waals surface area contributed by atoms with Gasteiger partial charge < -0.3 is 14.2 Å². The molecule has 0 aliphatic carbocycles. The summed E-state index contributed by atoms with van der Waals surface area (Å²) in [5, 5.41) is 3.30. The van der Waals surface area contributed by atoms with Crippen molar-refractivity contribution in [2.24, 2.45) is 0 Å². The maximum absolute atomic E-state index is 13.3. The molecular formula is C27H25FN6O4S. The van der Waals surface area contributed by atoms with Gasteiger partial charge in [-0.2, -0.15) is 4.39 Å². The van der Waals surface area contributed by atoms with E-state index in [2.05, 4.69) is 25.3 Å². The lowest BCUT2D eigenvalue weighted by molar-refractivity contribution is 0.0842. The van der Waals surface area contributed by atoms with Gasteiger partial charge in [-0.25, -0.2) is 29.7 Å². The van der Waals surface area contributed by atoms with Gasteiger partial charge >= 0.3 is 6.09 Å². The molecule has 0 bridgehead atoms. The minimum absolute atomic E-state index is 0.0810. The molecule has 39 heavy (non-hydrogen) atoms. The number of benzene rings is 1. The Morgan fingerprint density at radius 1 is 1.00 bits per heavy atom. The highest BCUT2D eigenvalue weighted by Gasteiger charge is 2.17. The number of anilines is 1. The van der Waals surface area contributed by atoms with E-state index < -0.39 is 18.1 Å². The minimum atomic E-state index is -0.698. The monoisotopic (exact) mass is 548 g/mol. The number of carbonyl (C=O) groups is 1. The summed E-state index contributed by atoms with van der Waals surface area (Å²) in [4.78, 5) is 35.0. The number of thiazole rings is 1. The lowest BCUT2D eigenvalue weighted by Gasteiger charge is -2.15. The van der Waals surface area contributed by atoms with Crippen LogP contribution < -0.4 is 14.8 Å². The van der Waals surface area contributed by atoms with Crippen LogP contribution in [0, 0.1) is 26.7 Å². The van der Waals surface area contributed by atoms with Crippen molar-refractivity contribution in [1.29, 1.82) is 0 Å². The molecule has 10 nitrogen and oxygen atoms in total. The molecule has 1 amide bonds. The number of carbonyl (C=O) groups excluding carboxylic acids is 1. The Morgan fingerprint density at radius 2 is 1.82 bits per heavy atom. The van der Waals surface area contributed by atoms with Crippen LogP contribution in [0.3, 0.4) is 0 Å². The van der Waals surface area contributed by atoms with Crippen LogP contribution >= 0.6 is 11.3 Å². The van der Waals surface area contributed by atoms with Gasteiger partial charge in [0.1, 0.15) is 28.1 Å². The molecule has 0 saturated carbocycles. The second-order valence-corrected chi connectivity index (χ2v) is 10.0. The van der Waals surface area contributed by atoms with Crippen molar-refractivity contribution in [1.82, 2.24) is 24.9 Å². The Labute approximate surface area is 227 Å². The molecule has 0 radical (unpaired) electrons. The minimum Gasteiger partial charge on any atom is -0.480 e. The topological polar surface area (TPSA) is 121 Å². The number of halogens is 1. The van der Waals surface area contributed by atoms with Crippen LogP contribution in [0.5, 0.6) is 11.8 Å². The number of hydrogen-bond acceptors (Lipinski definition) is 10. The molecule has 0 saturated heterocycles. The number of hydrogen-bond donors (Lipinski definition) is 1. The predicted octanol–water partition coefficient (Wildman–Crippen LogP) is 5.79. The molecule has 12 heteroatoms. The van der Waals surface area contributed by atoms with E-state index in [4.69, 9.17) is 19.2 Å². The lowest BCUT2D eigenvalue weighted by atomic mass is 10.1. The molecule has 200 valence electrons. The average molecular weight is 549 g/mol. The van der Waals surface area contributed by atoms with Crippen molar-refractivity contribution in [3.63, 3.8) is 0 Å². The van der Waals surface area contributed by atoms with Crippen LogP contribution in [0.4, 0.5) is 14.9 Å². The molecule has 5 rings (SSSR count). The van der Waals surface area contributed by atoms with Gasteiger partial charge in [0.05, 0.1) is 36.2 Å². The zero-order valence-electron chi connectivity index (χ0n) is 21.9. The SMILES string of the molecule is COc1cnc2c(-c3nc4c(C)cc(OC[C@@H](C)OC(=O)Nc5cnc(F)c(C)c5)nc4s3)cc(C)cc2n1. The average Bonchev–Trinajstić information content (AvgIpc) is 3.33. The Balaban J connectivity index is 1.30. The Hall–Kier alpha value is -4.45. The fourth-order valence-corrected chi connectivity index (χ4v) is 4.95. The highest BCUT2D eigenvalue weighted by molar-refractivity contribution is 7.21. The third-order valence-corrected chi connectivity index (χ3v) is 6.76. The Bertz CT molecular complexity index is 1710. The van der Waals surface area contributed by atoms with Gasteiger partial charge in [0, 0.05) is 17.2 Å². The third kappa shape index (κ3) is 5.70. The first kappa shape index (κ1) is 26.2. The number of pyridine rings is 2. The van der Waals surface area contributed by atoms with E-state index >= 15 is 0 Å². The highest BCUT2D eigenvalue weighted by atomic mass is 32.1. The zero-order valence-corrected chi connectivity index (χ0v) is 22.7. The van der Waals surface area contributed by atoms with Crippen molar-refractivity contribution in [3.05, 3.63) is 59.3 Å². The second-order valence-electron chi connectivity index (χ2n) is 9.03. The summed E-state index contributed by atoms with van der Waals surface area (Å²) in [5.41, 5.74) is 5.66. The number of rotatable bonds is 7. The molecule has 0 spiro atoms. The highest BCUT2D eigenvalue weighted by Crippen LogP contribution is 2.36. The predicted molar refractivity (Wildman–Crippen MR) is 146 cm³/mol. The molecule has 0 fully saturated rings. The number of nitrogens with zero attached hydrogens (tertiary/aromatic N) is 5. The van der Waals surface area contributed by atoms with E-state index in [1.165, 1.54) is 23.6 Å². The van der Waals surface area contributed by atoms with Crippen LogP contribution in [-0.4, -0.2) is 50.8 Å². The molecular weight excluding hydrogens is 523 g/mol. The van der Waals surface area contributed by atoms with Gasteiger partial charge in [0.25, 0.3) is 0 Å². The third-order valence-electron chi connectivity index (χ3n) is 5.78. The fraction of sp³-hybridized carbons (Fsp3) is 0.259. The summed E-state index contributed by atoms with van der Waals surface area (Å²) >= 11 is 1.43. The molecule has 4 aromatic heterocycles. The van der Waals surface area contributed by atoms with Crippen molar-refractivity contribution in [3.8, 4) is 22.3 Å². The van der Waals surface area contributed by atoms with Gasteiger partial charge in [-0.05, 0) is 57.0 Å². The van der Waals surface area contributed by atoms with Gasteiger partial charge in [0.15, 0.2) is 0 Å². The number of amides is 1. The number of nitrogens with one attached hydrogen (secondary N) is 1. The molecule has 5 aromatic rings. The van der Waals surface area contributed by atoms with Gasteiger partial charge in [-0.15, -0.1) is 0 Å². The van der Waals surface area contributed by atoms with Crippen molar-refractivity contribution < 1.29 is 23.4 Å². The van der Waals surface area contributed by atoms with E-state index in [9.17, 15) is 9.18 Å². The smallest absolute Gasteiger partial charge is 0.412 e. The summed E-state index contributed by atoms with van der Waals surface area (Å²) in [5.74, 6) is 0.244. The van der Waals surface area contributed by atoms with Crippen molar-refractivity contribution in [2.75, 3.05) is 19.0 Å². The standard InChI is InChI=1S/C27H25FN6O4S/c1-13-6-18(23-19(7-13)32-21(36-5)11-29-23)25-34-22-14(2)9-20(33-26(22)39-25)37-12-16(4)38-27(35)31-17-8-15(3)24(28)30-10-17/h6-11,16H,12H2,1-5H3,(H,31,35)/t16-/m1/s1.